The summed E-state index contributed by atoms with van der Waals surface area (Å²) in [5.74, 6) is -1.59. The van der Waals surface area contributed by atoms with E-state index in [-0.39, 0.29) is 161 Å². The Kier molecular flexibility index (Phi) is 18.9. The first-order valence-electron chi connectivity index (χ1n) is 17.4. The van der Waals surface area contributed by atoms with Gasteiger partial charge in [-0.15, -0.1) is 20.5 Å². The maximum Gasteiger partial charge on any atom is 1.00 e. The zero-order valence-corrected chi connectivity index (χ0v) is 43.0. The van der Waals surface area contributed by atoms with Gasteiger partial charge in [-0.2, -0.15) is 16.8 Å². The number of nitro groups is 2. The van der Waals surface area contributed by atoms with Crippen molar-refractivity contribution in [1.29, 1.82) is 0 Å². The molecule has 0 aromatic heterocycles. The predicted molar refractivity (Wildman–Crippen MR) is 224 cm³/mol. The average molecular weight is 1010 g/mol. The summed E-state index contributed by atoms with van der Waals surface area (Å²) in [4.78, 5) is 19.3. The fourth-order valence-electron chi connectivity index (χ4n) is 6.46. The molecule has 0 bridgehead atoms. The van der Waals surface area contributed by atoms with Crippen LogP contribution in [0.2, 0.25) is 0 Å². The van der Waals surface area contributed by atoms with Gasteiger partial charge in [-0.05, 0) is 35.0 Å². The number of phenols is 4. The molecular weight excluding hydrogens is 981 g/mol. The number of rotatable bonds is 8. The summed E-state index contributed by atoms with van der Waals surface area (Å²) in [7, 11) is -9.62. The zero-order valence-electron chi connectivity index (χ0n) is 34.3. The van der Waals surface area contributed by atoms with Gasteiger partial charge in [0.15, 0.2) is 0 Å². The van der Waals surface area contributed by atoms with Crippen molar-refractivity contribution in [2.75, 3.05) is 0 Å². The Bertz CT molecular complexity index is 3290. The quantitative estimate of drug-likeness (QED) is 0.0406. The number of non-ortho nitro benzene ring substituents is 2. The number of phenolic OH excluding ortho intramolecular Hbond substituents is 4. The molecule has 66 heavy (non-hydrogen) atoms. The zero-order chi connectivity index (χ0) is 44.7. The van der Waals surface area contributed by atoms with Crippen LogP contribution >= 0.6 is 0 Å². The minimum atomic E-state index is -4.81. The summed E-state index contributed by atoms with van der Waals surface area (Å²) in [5.41, 5.74) is -0.984. The third-order valence-corrected chi connectivity index (χ3v) is 11.1. The second-order valence-corrected chi connectivity index (χ2v) is 15.9. The number of azo groups is 2. The van der Waals surface area contributed by atoms with Crippen LogP contribution in [0.3, 0.4) is 0 Å². The van der Waals surface area contributed by atoms with E-state index in [0.29, 0.717) is 10.8 Å². The molecule has 321 valence electrons. The van der Waals surface area contributed by atoms with E-state index in [1.165, 1.54) is 24.3 Å². The molecule has 0 amide bonds. The molecule has 0 saturated carbocycles. The van der Waals surface area contributed by atoms with E-state index < -0.39 is 62.7 Å². The number of benzene rings is 8. The molecular formula is C40H26CoN6Na3O14S2+3. The van der Waals surface area contributed by atoms with Crippen LogP contribution in [0.25, 0.3) is 43.1 Å². The number of nitro benzene ring substituents is 2. The molecule has 0 saturated heterocycles. The largest absolute Gasteiger partial charge is 1.00 e. The topological polar surface area (TPSA) is 325 Å². The van der Waals surface area contributed by atoms with E-state index in [2.05, 4.69) is 20.5 Å². The molecule has 0 fully saturated rings. The van der Waals surface area contributed by atoms with Crippen molar-refractivity contribution in [2.45, 2.75) is 9.79 Å². The van der Waals surface area contributed by atoms with E-state index in [9.17, 15) is 66.6 Å². The molecule has 0 heterocycles. The third-order valence-electron chi connectivity index (χ3n) is 9.30. The van der Waals surface area contributed by atoms with Crippen LogP contribution < -0.4 is 88.7 Å². The molecule has 20 nitrogen and oxygen atoms in total. The molecule has 0 aliphatic rings. The first-order chi connectivity index (χ1) is 29.3. The SMILES string of the molecule is O=[N+]([O-])c1ccc2c(N=Nc3c(O)ccc4ccccc34)c(O)cc(S(=O)(=O)O)c2c1.O=[N+]([O-])c1ccc2c(N=Nc3c(O)ccc4ccccc34)c(O)cc(S(=O)(=O)O)c2c1.[Co].[Na+].[Na+].[Na+]. The molecule has 8 aromatic rings. The van der Waals surface area contributed by atoms with Crippen molar-refractivity contribution in [3.8, 4) is 23.0 Å². The molecule has 0 aliphatic heterocycles. The van der Waals surface area contributed by atoms with Crippen molar-refractivity contribution in [3.63, 3.8) is 0 Å². The van der Waals surface area contributed by atoms with E-state index >= 15 is 0 Å². The van der Waals surface area contributed by atoms with Gasteiger partial charge in [0, 0.05) is 85.5 Å². The Morgan fingerprint density at radius 3 is 1.05 bits per heavy atom. The van der Waals surface area contributed by atoms with E-state index in [1.54, 1.807) is 60.7 Å². The summed E-state index contributed by atoms with van der Waals surface area (Å²) in [6.45, 7) is 0. The Morgan fingerprint density at radius 2 is 0.727 bits per heavy atom. The van der Waals surface area contributed by atoms with E-state index in [1.807, 2.05) is 0 Å². The average Bonchev–Trinajstić information content (AvgIpc) is 3.22. The first-order valence-corrected chi connectivity index (χ1v) is 20.3. The predicted octanol–water partition coefficient (Wildman–Crippen LogP) is 0.958. The Labute approximate surface area is 449 Å². The fraction of sp³-hybridized carbons (Fsp3) is 0. The summed E-state index contributed by atoms with van der Waals surface area (Å²) in [6, 6.07) is 28.3. The van der Waals surface area contributed by atoms with Gasteiger partial charge in [-0.3, -0.25) is 29.3 Å². The van der Waals surface area contributed by atoms with Crippen LogP contribution in [0.4, 0.5) is 34.1 Å². The first kappa shape index (κ1) is 55.7. The number of aromatic hydroxyl groups is 4. The molecule has 6 N–H and O–H groups in total. The van der Waals surface area contributed by atoms with Crippen LogP contribution in [0, 0.1) is 20.2 Å². The third kappa shape index (κ3) is 11.7. The number of fused-ring (bicyclic) bond motifs is 4. The van der Waals surface area contributed by atoms with Crippen molar-refractivity contribution in [1.82, 2.24) is 0 Å². The minimum absolute atomic E-state index is 0. The van der Waals surface area contributed by atoms with Gasteiger partial charge in [0.2, 0.25) is 0 Å². The van der Waals surface area contributed by atoms with Crippen molar-refractivity contribution in [2.24, 2.45) is 20.5 Å². The van der Waals surface area contributed by atoms with Gasteiger partial charge in [0.05, 0.1) is 9.85 Å². The maximum absolute atomic E-state index is 11.7. The molecule has 0 spiro atoms. The van der Waals surface area contributed by atoms with Crippen LogP contribution in [0.1, 0.15) is 0 Å². The molecule has 26 heteroatoms. The number of nitrogens with zero attached hydrogens (tertiary/aromatic N) is 6. The van der Waals surface area contributed by atoms with E-state index in [0.717, 1.165) is 47.2 Å². The van der Waals surface area contributed by atoms with Gasteiger partial charge in [-0.1, -0.05) is 60.7 Å². The minimum Gasteiger partial charge on any atom is -0.506 e. The normalized spacial score (nSPS) is 11.3. The summed E-state index contributed by atoms with van der Waals surface area (Å²) < 4.78 is 66.0. The molecule has 1 radical (unpaired) electrons. The monoisotopic (exact) mass is 1010 g/mol. The van der Waals surface area contributed by atoms with Crippen LogP contribution in [0.5, 0.6) is 23.0 Å². The number of hydrogen-bond acceptors (Lipinski definition) is 16. The molecule has 0 unspecified atom stereocenters. The maximum atomic E-state index is 11.7. The number of hydrogen-bond donors (Lipinski definition) is 6. The second-order valence-electron chi connectivity index (χ2n) is 13.1. The van der Waals surface area contributed by atoms with Gasteiger partial charge >= 0.3 is 88.7 Å². The Balaban J connectivity index is 0.000000330. The van der Waals surface area contributed by atoms with Gasteiger partial charge < -0.3 is 20.4 Å². The fourth-order valence-corrected chi connectivity index (χ4v) is 7.88. The van der Waals surface area contributed by atoms with Crippen molar-refractivity contribution in [3.05, 3.63) is 142 Å². The smallest absolute Gasteiger partial charge is 0.506 e. The standard InChI is InChI=1S/2C20H13N3O7S.Co.3Na/c2*24-16-8-5-11-3-1-2-4-13(11)19(16)21-22-20-14-7-6-12(23(26)27)9-15(14)18(10-17(20)25)31(28,29)30;;;;/h2*1-10,24-25H,(H,28,29,30);;;;/q;;;3*+1. The van der Waals surface area contributed by atoms with Gasteiger partial charge in [0.25, 0.3) is 31.6 Å². The molecule has 0 atom stereocenters. The van der Waals surface area contributed by atoms with Gasteiger partial charge in [-0.25, -0.2) is 0 Å². The van der Waals surface area contributed by atoms with Crippen molar-refractivity contribution >= 4 is 97.5 Å². The molecule has 8 aromatic carbocycles. The molecule has 0 aliphatic carbocycles. The van der Waals surface area contributed by atoms with E-state index in [4.69, 9.17) is 0 Å². The summed E-state index contributed by atoms with van der Waals surface area (Å²) in [6.07, 6.45) is 0. The Hall–Kier alpha value is -4.67. The van der Waals surface area contributed by atoms with Crippen LogP contribution in [-0.4, -0.2) is 56.2 Å². The summed E-state index contributed by atoms with van der Waals surface area (Å²) in [5, 5.41) is 81.7. The molecule has 8 rings (SSSR count). The second kappa shape index (κ2) is 22.4. The van der Waals surface area contributed by atoms with Crippen LogP contribution in [0.15, 0.2) is 152 Å². The Morgan fingerprint density at radius 1 is 0.409 bits per heavy atom. The summed E-state index contributed by atoms with van der Waals surface area (Å²) >= 11 is 0. The van der Waals surface area contributed by atoms with Crippen LogP contribution in [-0.2, 0) is 37.0 Å². The van der Waals surface area contributed by atoms with Gasteiger partial charge in [0.1, 0.15) is 55.5 Å². The van der Waals surface area contributed by atoms with Crippen molar-refractivity contribution < 1.29 is 162 Å².